The molecule has 8 rings (SSSR count). The van der Waals surface area contributed by atoms with E-state index >= 15 is 4.57 Å². The first kappa shape index (κ1) is 74.6. The summed E-state index contributed by atoms with van der Waals surface area (Å²) in [4.78, 5) is 15.8. The fourth-order valence-corrected chi connectivity index (χ4v) is 13.3. The maximum absolute atomic E-state index is 15.8. The minimum Gasteiger partial charge on any atom is -0.438 e. The minimum absolute atomic E-state index is 0.0160. The molecule has 0 bridgehead atoms. The zero-order valence-corrected chi connectivity index (χ0v) is 56.7. The molecule has 0 radical (unpaired) electrons. The number of hydrogen-bond donors (Lipinski definition) is 0. The van der Waals surface area contributed by atoms with Crippen LogP contribution in [0.2, 0.25) is 0 Å². The first-order valence-electron chi connectivity index (χ1n) is 34.2. The summed E-state index contributed by atoms with van der Waals surface area (Å²) < 4.78 is 103. The summed E-state index contributed by atoms with van der Waals surface area (Å²) in [6.07, 6.45) is 6.85. The third-order valence-corrected chi connectivity index (χ3v) is 18.5. The van der Waals surface area contributed by atoms with Gasteiger partial charge in [0.1, 0.15) is 61.0 Å². The molecule has 0 amide bonds. The molecule has 19 heteroatoms. The highest BCUT2D eigenvalue weighted by molar-refractivity contribution is 7.48. The lowest BCUT2D eigenvalue weighted by atomic mass is 9.83. The van der Waals surface area contributed by atoms with Crippen LogP contribution >= 0.6 is 7.82 Å². The summed E-state index contributed by atoms with van der Waals surface area (Å²) >= 11 is 0. The van der Waals surface area contributed by atoms with Crippen molar-refractivity contribution in [1.29, 1.82) is 0 Å². The maximum atomic E-state index is 15.8. The number of methoxy groups -OCH3 is 1. The standard InChI is InChI=1S/C76H100N3O15P/c1-4-5-6-7-8-9-10-11-12-13-14-15-16-17-18-37-50-90-95(81,91-58-89-59(2)80)94-75-70(82-3)71(86-54-63-44-31-22-32-45-63)72(87-55-64-46-33-23-34-47-64)73(88-56-65-48-35-24-36-49-65)74(75)93-76-67(78-79-77)69(85-53-62-42-29-21-30-43-62)68(84-52-61-40-27-20-28-41-61)66(92-76)57-83-51-60-38-25-19-26-39-60/h19-36,38-49,66-76H,4-18,37,50-58H2,1-3H3/t66-,67-,68+,69-,70-,71+,72-,73+,74-,75-,76-,95?/m1/s1. The van der Waals surface area contributed by atoms with Crippen molar-refractivity contribution in [2.75, 3.05) is 27.1 Å². The van der Waals surface area contributed by atoms with E-state index in [1.807, 2.05) is 182 Å². The van der Waals surface area contributed by atoms with Crippen molar-refractivity contribution in [2.45, 2.75) is 223 Å². The number of unbranched alkanes of at least 4 members (excludes halogenated alkanes) is 15. The van der Waals surface area contributed by atoms with Crippen molar-refractivity contribution < 1.29 is 70.3 Å². The zero-order valence-electron chi connectivity index (χ0n) is 55.8. The van der Waals surface area contributed by atoms with Gasteiger partial charge in [-0.2, -0.15) is 0 Å². The summed E-state index contributed by atoms with van der Waals surface area (Å²) in [5.74, 6) is -0.680. The molecule has 6 aromatic carbocycles. The van der Waals surface area contributed by atoms with E-state index in [1.165, 1.54) is 84.7 Å². The Hall–Kier alpha value is -6.15. The number of rotatable bonds is 46. The lowest BCUT2D eigenvalue weighted by Gasteiger charge is -2.52. The molecule has 2 aliphatic rings. The Bertz CT molecular complexity index is 3090. The van der Waals surface area contributed by atoms with Gasteiger partial charge in [0, 0.05) is 18.9 Å². The van der Waals surface area contributed by atoms with Gasteiger partial charge < -0.3 is 47.4 Å². The fourth-order valence-electron chi connectivity index (χ4n) is 12.0. The van der Waals surface area contributed by atoms with Crippen LogP contribution in [-0.4, -0.2) is 100 Å². The van der Waals surface area contributed by atoms with Gasteiger partial charge in [-0.25, -0.2) is 9.09 Å². The average Bonchev–Trinajstić information content (AvgIpc) is 0.758. The molecule has 0 spiro atoms. The summed E-state index contributed by atoms with van der Waals surface area (Å²) in [7, 11) is -3.34. The molecule has 1 saturated heterocycles. The molecule has 1 saturated carbocycles. The number of carbonyl (C=O) groups is 1. The molecular weight excluding hydrogens is 1230 g/mol. The van der Waals surface area contributed by atoms with Gasteiger partial charge in [0.2, 0.25) is 6.79 Å². The van der Waals surface area contributed by atoms with Crippen LogP contribution in [-0.2, 0) is 110 Å². The van der Waals surface area contributed by atoms with Crippen LogP contribution in [0, 0.1) is 0 Å². The van der Waals surface area contributed by atoms with Gasteiger partial charge in [-0.3, -0.25) is 13.8 Å². The lowest BCUT2D eigenvalue weighted by Crippen LogP contribution is -2.69. The third-order valence-electron chi connectivity index (χ3n) is 17.1. The molecule has 2 fully saturated rings. The van der Waals surface area contributed by atoms with Crippen LogP contribution in [0.3, 0.4) is 0 Å². The molecule has 95 heavy (non-hydrogen) atoms. The summed E-state index contributed by atoms with van der Waals surface area (Å²) in [5.41, 5.74) is 15.9. The zero-order chi connectivity index (χ0) is 66.4. The van der Waals surface area contributed by atoms with E-state index in [9.17, 15) is 10.3 Å². The van der Waals surface area contributed by atoms with Crippen LogP contribution in [0.25, 0.3) is 10.4 Å². The number of esters is 1. The Morgan fingerprint density at radius 3 is 1.23 bits per heavy atom. The molecule has 12 atom stereocenters. The van der Waals surface area contributed by atoms with E-state index in [-0.39, 0.29) is 52.9 Å². The van der Waals surface area contributed by atoms with Crippen LogP contribution < -0.4 is 0 Å². The average molecular weight is 1330 g/mol. The Morgan fingerprint density at radius 1 is 0.463 bits per heavy atom. The van der Waals surface area contributed by atoms with E-state index < -0.39 is 87.9 Å². The van der Waals surface area contributed by atoms with E-state index in [2.05, 4.69) is 16.9 Å². The summed E-state index contributed by atoms with van der Waals surface area (Å²) in [6.45, 7) is 3.26. The van der Waals surface area contributed by atoms with E-state index in [0.29, 0.717) is 6.42 Å². The highest BCUT2D eigenvalue weighted by atomic mass is 31.2. The molecule has 18 nitrogen and oxygen atoms in total. The second-order valence-corrected chi connectivity index (χ2v) is 26.0. The quantitative estimate of drug-likeness (QED) is 0.00663. The Balaban J connectivity index is 1.16. The van der Waals surface area contributed by atoms with Crippen LogP contribution in [0.15, 0.2) is 187 Å². The largest absolute Gasteiger partial charge is 0.478 e. The first-order valence-corrected chi connectivity index (χ1v) is 35.7. The number of ether oxygens (including phenoxy) is 10. The third kappa shape index (κ3) is 26.0. The number of carbonyl (C=O) groups excluding carboxylic acids is 1. The van der Waals surface area contributed by atoms with Crippen LogP contribution in [0.5, 0.6) is 0 Å². The lowest BCUT2D eigenvalue weighted by molar-refractivity contribution is -0.335. The van der Waals surface area contributed by atoms with Gasteiger partial charge in [-0.15, -0.1) is 0 Å². The van der Waals surface area contributed by atoms with Gasteiger partial charge in [0.25, 0.3) is 0 Å². The van der Waals surface area contributed by atoms with Gasteiger partial charge in [0.05, 0.1) is 52.9 Å². The predicted octanol–water partition coefficient (Wildman–Crippen LogP) is 17.3. The van der Waals surface area contributed by atoms with Gasteiger partial charge in [-0.05, 0) is 45.3 Å². The summed E-state index contributed by atoms with van der Waals surface area (Å²) in [5, 5.41) is 4.45. The SMILES string of the molecule is CCCCCCCCCCCCCCCCCCOP(=O)(OCOC(C)=O)O[C@@H]1[C@H](OC)[C@H](OCc2ccccc2)[C@@H](OCc2ccccc2)[C@H](OCc2ccccc2)[C@H]1O[C@H]1O[C@H](COCc2ccccc2)[C@H](OCc2ccccc2)[C@H](OCc2ccccc2)[C@H]1N=[N+]=[N-]. The van der Waals surface area contributed by atoms with Crippen LogP contribution in [0.4, 0.5) is 0 Å². The molecule has 0 aromatic heterocycles. The van der Waals surface area contributed by atoms with Crippen molar-refractivity contribution in [3.63, 3.8) is 0 Å². The number of benzene rings is 6. The molecular formula is C76H100N3O15P. The van der Waals surface area contributed by atoms with Gasteiger partial charge in [0.15, 0.2) is 6.29 Å². The topological polar surface area (TPSA) is 203 Å². The number of hydrogen-bond acceptors (Lipinski definition) is 16. The van der Waals surface area contributed by atoms with Crippen molar-refractivity contribution in [2.24, 2.45) is 5.11 Å². The second-order valence-electron chi connectivity index (χ2n) is 24.4. The highest BCUT2D eigenvalue weighted by Gasteiger charge is 2.59. The van der Waals surface area contributed by atoms with Crippen molar-refractivity contribution in [3.8, 4) is 0 Å². The monoisotopic (exact) mass is 1330 g/mol. The van der Waals surface area contributed by atoms with Crippen molar-refractivity contribution >= 4 is 13.8 Å². The van der Waals surface area contributed by atoms with Gasteiger partial charge >= 0.3 is 13.8 Å². The minimum atomic E-state index is -4.83. The number of phosphoric acid groups is 1. The number of nitrogens with zero attached hydrogens (tertiary/aromatic N) is 3. The first-order chi connectivity index (χ1) is 46.7. The van der Waals surface area contributed by atoms with Gasteiger partial charge in [-0.1, -0.05) is 290 Å². The number of azide groups is 1. The fraction of sp³-hybridized carbons (Fsp3) is 0.513. The smallest absolute Gasteiger partial charge is 0.438 e. The van der Waals surface area contributed by atoms with Crippen molar-refractivity contribution in [3.05, 3.63) is 226 Å². The Morgan fingerprint density at radius 2 is 0.832 bits per heavy atom. The predicted molar refractivity (Wildman–Crippen MR) is 364 cm³/mol. The molecule has 1 aliphatic carbocycles. The van der Waals surface area contributed by atoms with Crippen LogP contribution in [0.1, 0.15) is 150 Å². The molecule has 1 unspecified atom stereocenters. The van der Waals surface area contributed by atoms with Crippen molar-refractivity contribution in [1.82, 2.24) is 0 Å². The van der Waals surface area contributed by atoms with E-state index in [1.54, 1.807) is 0 Å². The molecule has 1 aliphatic heterocycles. The normalized spacial score (nSPS) is 22.5. The number of phosphoric ester groups is 1. The second kappa shape index (κ2) is 43.2. The van der Waals surface area contributed by atoms with E-state index in [0.717, 1.165) is 59.1 Å². The Kier molecular flexibility index (Phi) is 33.9. The maximum Gasteiger partial charge on any atom is 0.478 e. The molecule has 514 valence electrons. The highest BCUT2D eigenvalue weighted by Crippen LogP contribution is 2.54. The summed E-state index contributed by atoms with van der Waals surface area (Å²) in [6, 6.07) is 56.8. The Labute approximate surface area is 563 Å². The molecule has 6 aromatic rings. The van der Waals surface area contributed by atoms with E-state index in [4.69, 9.17) is 60.9 Å². The molecule has 0 N–H and O–H groups in total. The molecule has 1 heterocycles.